The van der Waals surface area contributed by atoms with E-state index >= 15 is 0 Å². The second-order valence-corrected chi connectivity index (χ2v) is 33.5. The fourth-order valence-electron chi connectivity index (χ4n) is 16.6. The molecule has 0 bridgehead atoms. The molecule has 6 saturated heterocycles. The van der Waals surface area contributed by atoms with E-state index in [4.69, 9.17) is 37.1 Å². The van der Waals surface area contributed by atoms with Gasteiger partial charge in [0, 0.05) is 201 Å². The van der Waals surface area contributed by atoms with Crippen LogP contribution in [0.5, 0.6) is 5.75 Å². The first-order valence-corrected chi connectivity index (χ1v) is 43.1. The Labute approximate surface area is 769 Å². The van der Waals surface area contributed by atoms with Crippen LogP contribution in [0.2, 0.25) is 0 Å². The smallest absolute Gasteiger partial charge is 0.285 e. The van der Waals surface area contributed by atoms with Crippen LogP contribution >= 0.6 is 0 Å². The number of primary amides is 4. The van der Waals surface area contributed by atoms with E-state index in [1.54, 1.807) is 117 Å². The van der Waals surface area contributed by atoms with E-state index in [0.29, 0.717) is 101 Å². The number of aryl methyl sites for hydroxylation is 1. The van der Waals surface area contributed by atoms with E-state index in [0.717, 1.165) is 108 Å². The zero-order chi connectivity index (χ0) is 94.7. The largest absolute Gasteiger partial charge is 0.495 e. The zero-order valence-electron chi connectivity index (χ0n) is 74.3. The molecule has 13 aromatic rings. The number of ether oxygens (including phenoxy) is 3. The first-order chi connectivity index (χ1) is 64.2. The maximum atomic E-state index is 12.2. The lowest BCUT2D eigenvalue weighted by atomic mass is 10.0. The van der Waals surface area contributed by atoms with Crippen LogP contribution in [0.3, 0.4) is 0 Å². The molecule has 35 heteroatoms. The summed E-state index contributed by atoms with van der Waals surface area (Å²) < 4.78 is 24.5. The van der Waals surface area contributed by atoms with Crippen molar-refractivity contribution in [2.45, 2.75) is 61.2 Å². The Bertz CT molecular complexity index is 7170. The molecule has 0 spiro atoms. The minimum absolute atomic E-state index is 0.0873. The van der Waals surface area contributed by atoms with Gasteiger partial charge in [-0.2, -0.15) is 5.10 Å². The molecule has 4 aromatic carbocycles. The van der Waals surface area contributed by atoms with Gasteiger partial charge in [-0.15, -0.1) is 0 Å². The van der Waals surface area contributed by atoms with Crippen molar-refractivity contribution in [3.05, 3.63) is 239 Å². The van der Waals surface area contributed by atoms with Gasteiger partial charge < -0.3 is 77.2 Å². The molecule has 0 aliphatic carbocycles. The molecule has 682 valence electrons. The van der Waals surface area contributed by atoms with Gasteiger partial charge in [0.15, 0.2) is 0 Å². The van der Waals surface area contributed by atoms with Crippen LogP contribution < -0.4 is 27.7 Å². The zero-order valence-corrected chi connectivity index (χ0v) is 74.3. The quantitative estimate of drug-likeness (QED) is 0.0705. The van der Waals surface area contributed by atoms with Crippen LogP contribution in [0.25, 0.3) is 78.4 Å². The van der Waals surface area contributed by atoms with Gasteiger partial charge in [-0.1, -0.05) is 102 Å². The highest BCUT2D eigenvalue weighted by Gasteiger charge is 2.46. The van der Waals surface area contributed by atoms with E-state index in [2.05, 4.69) is 82.2 Å². The number of aliphatic hydroxyl groups is 4. The summed E-state index contributed by atoms with van der Waals surface area (Å²) in [4.78, 5) is 126. The maximum absolute atomic E-state index is 12.2. The fraction of sp³-hybridized carbons (Fsp3) is 0.283. The van der Waals surface area contributed by atoms with Gasteiger partial charge in [-0.3, -0.25) is 70.4 Å². The van der Waals surface area contributed by atoms with Gasteiger partial charge in [0.05, 0.1) is 90.3 Å². The number of hydrogen-bond acceptors (Lipinski definition) is 22. The Hall–Kier alpha value is -15.7. The van der Waals surface area contributed by atoms with Gasteiger partial charge in [-0.25, -0.2) is 19.9 Å². The summed E-state index contributed by atoms with van der Waals surface area (Å²) in [5, 5.41) is 46.7. The molecule has 12 N–H and O–H groups in total. The van der Waals surface area contributed by atoms with E-state index in [-0.39, 0.29) is 60.8 Å². The number of methoxy groups -OCH3 is 1. The average molecular weight is 1810 g/mol. The van der Waals surface area contributed by atoms with E-state index < -0.39 is 57.8 Å². The number of morpholine rings is 2. The number of nitrogens with two attached hydrogens (primary N) is 4. The topological polar surface area (TPSA) is 456 Å². The Balaban J connectivity index is 0.000000130. The number of nitrogens with zero attached hydrogens (tertiary/aromatic N) is 16. The molecular formula is C99H96N20O15. The molecule has 134 heavy (non-hydrogen) atoms. The van der Waals surface area contributed by atoms with E-state index in [1.807, 2.05) is 123 Å². The summed E-state index contributed by atoms with van der Waals surface area (Å²) in [7, 11) is 9.94. The van der Waals surface area contributed by atoms with Crippen LogP contribution in [-0.4, -0.2) is 281 Å². The predicted octanol–water partition coefficient (Wildman–Crippen LogP) is 4.25. The van der Waals surface area contributed by atoms with Crippen molar-refractivity contribution in [1.29, 1.82) is 0 Å². The standard InChI is InChI=1S/2C26H27N5O4.C25H22N6O3.C22H20N4O4/c1-29-10-8-26(34,25(29)33)7-5-18-3-2-4-20(15-18)22-21-16-19(17-30-11-13-35-14-12-30)6-9-31(21)24(28-22)23(27)32;1-29-10-9-26(34,25(29)33)8-7-18-3-2-4-20(15-18)22-21-6-5-19(16-30-11-13-35-14-12-30)17-31(21)24(28-22)23(27)32;1-29-13-11-25(34,24(29)33)10-8-16-4-3-5-17(14-16)21-20-7-6-18(19-9-12-30(2)28-19)15-31(20)23(27-21)22(26)32;1-25-11-10-22(29,21(25)28)9-8-14-4-3-5-15(12-14)18-17-7-6-16(30-2)13-26(17)20(24-18)19(23)27/h2-4,6,9,15-16,34H,8,10-14,17H2,1H3,(H2,27,32);2-6,15,17,34H,9-14,16H2,1H3,(H2,27,32);3-7,9,12,14-15,34H,11,13H2,1-2H3,(H2,26,32);3-7,12-13,29H,10-11H2,1-2H3,(H2,23,27)/t2*26-;25-;22-/m0000/s1. The van der Waals surface area contributed by atoms with Crippen molar-refractivity contribution < 1.29 is 73.0 Å². The van der Waals surface area contributed by atoms with Crippen LogP contribution in [0.4, 0.5) is 0 Å². The minimum Gasteiger partial charge on any atom is -0.495 e. The third-order valence-corrected chi connectivity index (χ3v) is 24.0. The average Bonchev–Trinajstić information content (AvgIpc) is 1.62. The first kappa shape index (κ1) is 91.6. The molecule has 8 amide bonds. The molecule has 19 rings (SSSR count). The Morgan fingerprint density at radius 2 is 0.724 bits per heavy atom. The number of imidazole rings is 4. The minimum atomic E-state index is -1.67. The van der Waals surface area contributed by atoms with Gasteiger partial charge in [0.1, 0.15) is 5.75 Å². The highest BCUT2D eigenvalue weighted by molar-refractivity contribution is 5.98. The number of hydrogen-bond donors (Lipinski definition) is 8. The lowest BCUT2D eigenvalue weighted by Gasteiger charge is -2.26. The van der Waals surface area contributed by atoms with Crippen LogP contribution in [0, 0.1) is 47.4 Å². The number of aromatic nitrogens is 10. The van der Waals surface area contributed by atoms with Gasteiger partial charge >= 0.3 is 0 Å². The van der Waals surface area contributed by atoms with Crippen LogP contribution in [0.15, 0.2) is 183 Å². The third-order valence-electron chi connectivity index (χ3n) is 24.0. The number of carbonyl (C=O) groups excluding carboxylic acids is 8. The number of likely N-dealkylation sites (N-methyl/N-ethyl adjacent to an activating group) is 4. The van der Waals surface area contributed by atoms with Gasteiger partial charge in [0.2, 0.25) is 45.7 Å². The molecule has 0 radical (unpaired) electrons. The monoisotopic (exact) mass is 1800 g/mol. The summed E-state index contributed by atoms with van der Waals surface area (Å²) in [6.07, 6.45) is 10.1. The molecule has 15 heterocycles. The molecule has 6 fully saturated rings. The summed E-state index contributed by atoms with van der Waals surface area (Å²) in [6, 6.07) is 46.3. The van der Waals surface area contributed by atoms with Crippen molar-refractivity contribution in [3.8, 4) is 109 Å². The molecule has 6 aliphatic rings. The molecule has 35 nitrogen and oxygen atoms in total. The van der Waals surface area contributed by atoms with Crippen molar-refractivity contribution >= 4 is 69.3 Å². The molecule has 0 saturated carbocycles. The Morgan fingerprint density at radius 3 is 1.07 bits per heavy atom. The highest BCUT2D eigenvalue weighted by atomic mass is 16.5. The molecular weight excluding hydrogens is 1710 g/mol. The van der Waals surface area contributed by atoms with E-state index in [9.17, 15) is 58.8 Å². The number of benzene rings is 4. The predicted molar refractivity (Wildman–Crippen MR) is 494 cm³/mol. The number of rotatable bonds is 14. The molecule has 6 aliphatic heterocycles. The lowest BCUT2D eigenvalue weighted by Crippen LogP contribution is -2.37. The molecule has 4 atom stereocenters. The van der Waals surface area contributed by atoms with Crippen molar-refractivity contribution in [2.24, 2.45) is 30.0 Å². The van der Waals surface area contributed by atoms with Crippen molar-refractivity contribution in [2.75, 3.05) is 114 Å². The number of carbonyl (C=O) groups is 8. The second kappa shape index (κ2) is 38.0. The van der Waals surface area contributed by atoms with E-state index in [1.165, 1.54) is 26.7 Å². The summed E-state index contributed by atoms with van der Waals surface area (Å²) in [5.74, 6) is 19.5. The number of fused-ring (bicyclic) bond motifs is 4. The van der Waals surface area contributed by atoms with Gasteiger partial charge in [0.25, 0.3) is 47.3 Å². The van der Waals surface area contributed by atoms with Crippen molar-refractivity contribution in [3.63, 3.8) is 0 Å². The van der Waals surface area contributed by atoms with Crippen LogP contribution in [-0.2, 0) is 48.8 Å². The summed E-state index contributed by atoms with van der Waals surface area (Å²) in [5.41, 5.74) is 30.1. The SMILES string of the molecule is CN1CC[C@@](O)(C#Cc2cccc(-c3nc(C(N)=O)n4cc(-c5ccn(C)n5)ccc34)c2)C1=O.CN1CC[C@@](O)(C#Cc2cccc(-c3nc(C(N)=O)n4cc(CN5CCOCC5)ccc34)c2)C1=O.CN1CC[C@@](O)(C#Cc2cccc(-c3nc(C(N)=O)n4ccc(CN5CCOCC5)cc34)c2)C1=O.COc1ccc2c(-c3cccc(C#C[C@]4(O)CCN(C)C4=O)c3)nc(C(N)=O)n2c1. The Morgan fingerprint density at radius 1 is 0.381 bits per heavy atom. The number of likely N-dealkylation sites (tertiary alicyclic amines) is 4. The lowest BCUT2D eigenvalue weighted by molar-refractivity contribution is -0.138. The fourth-order valence-corrected chi connectivity index (χ4v) is 16.6. The summed E-state index contributed by atoms with van der Waals surface area (Å²) >= 11 is 0. The maximum Gasteiger partial charge on any atom is 0.285 e. The highest BCUT2D eigenvalue weighted by Crippen LogP contribution is 2.35. The first-order valence-electron chi connectivity index (χ1n) is 43.1. The number of pyridine rings is 4. The Kier molecular flexibility index (Phi) is 26.0. The number of amides is 8. The third kappa shape index (κ3) is 19.3. The summed E-state index contributed by atoms with van der Waals surface area (Å²) in [6.45, 7) is 9.69. The second-order valence-electron chi connectivity index (χ2n) is 33.5. The van der Waals surface area contributed by atoms with Crippen LogP contribution in [0.1, 0.15) is 102 Å². The normalized spacial score (nSPS) is 19.4. The van der Waals surface area contributed by atoms with Gasteiger partial charge in [-0.05, 0) is 108 Å². The van der Waals surface area contributed by atoms with Crippen molar-refractivity contribution in [1.82, 2.24) is 76.7 Å². The molecule has 9 aromatic heterocycles. The molecule has 0 unspecified atom stereocenters.